The van der Waals surface area contributed by atoms with Crippen LogP contribution in [0.3, 0.4) is 0 Å². The van der Waals surface area contributed by atoms with E-state index < -0.39 is 18.3 Å². The predicted molar refractivity (Wildman–Crippen MR) is 195 cm³/mol. The maximum absolute atomic E-state index is 14.3. The Morgan fingerprint density at radius 3 is 2.09 bits per heavy atom. The Bertz CT molecular complexity index is 1970. The molecule has 1 aliphatic carbocycles. The van der Waals surface area contributed by atoms with Gasteiger partial charge in [0.2, 0.25) is 0 Å². The van der Waals surface area contributed by atoms with E-state index in [4.69, 9.17) is 9.42 Å². The molecule has 2 bridgehead atoms. The molecule has 2 heterocycles. The zero-order valence-electron chi connectivity index (χ0n) is 27.8. The first-order valence-electron chi connectivity index (χ1n) is 16.8. The third-order valence-electron chi connectivity index (χ3n) is 10.4. The van der Waals surface area contributed by atoms with Gasteiger partial charge in [-0.2, -0.15) is 0 Å². The van der Waals surface area contributed by atoms with E-state index in [2.05, 4.69) is 81.4 Å². The lowest BCUT2D eigenvalue weighted by Crippen LogP contribution is -2.67. The lowest BCUT2D eigenvalue weighted by molar-refractivity contribution is 0.132. The first-order chi connectivity index (χ1) is 22.6. The van der Waals surface area contributed by atoms with E-state index in [-0.39, 0.29) is 11.1 Å². The Kier molecular flexibility index (Phi) is 8.35. The molecule has 7 heteroatoms. The molecule has 3 atom stereocenters. The summed E-state index contributed by atoms with van der Waals surface area (Å²) < 4.78 is 37.5. The van der Waals surface area contributed by atoms with Crippen LogP contribution in [-0.4, -0.2) is 39.1 Å². The smallest absolute Gasteiger partial charge is 0.268 e. The molecular weight excluding hydrogens is 617 g/mol. The standard InChI is InChI=1S/C40H44N2O3SSi/c1-29-19-23-34(24-20-29)46(43,44)42-38-18-12-11-13-30(38)27-39(42)37-26-32-25-33(41-37)22-21-31(32)28-45-47(40(2,3)4,35-14-7-5-8-15-35)36-16-9-6-10-17-36/h5-20,23-24,27,31-33H,21-22,25-26,28H2,1-4H3. The van der Waals surface area contributed by atoms with Crippen molar-refractivity contribution >= 4 is 45.3 Å². The number of hydrogen-bond acceptors (Lipinski definition) is 4. The number of aromatic nitrogens is 1. The fraction of sp³-hybridized carbons (Fsp3) is 0.325. The van der Waals surface area contributed by atoms with Crippen molar-refractivity contribution in [3.05, 3.63) is 127 Å². The van der Waals surface area contributed by atoms with Crippen LogP contribution < -0.4 is 10.4 Å². The van der Waals surface area contributed by atoms with Gasteiger partial charge in [0.05, 0.1) is 27.9 Å². The summed E-state index contributed by atoms with van der Waals surface area (Å²) in [7, 11) is -6.51. The largest absolute Gasteiger partial charge is 0.407 e. The van der Waals surface area contributed by atoms with E-state index >= 15 is 0 Å². The zero-order valence-corrected chi connectivity index (χ0v) is 29.6. The summed E-state index contributed by atoms with van der Waals surface area (Å²) in [4.78, 5) is 5.52. The van der Waals surface area contributed by atoms with Crippen molar-refractivity contribution in [2.45, 2.75) is 69.4 Å². The number of aryl methyl sites for hydroxylation is 1. The van der Waals surface area contributed by atoms with Gasteiger partial charge in [0.1, 0.15) is 0 Å². The minimum Gasteiger partial charge on any atom is -0.407 e. The fourth-order valence-electron chi connectivity index (χ4n) is 7.98. The van der Waals surface area contributed by atoms with Crippen molar-refractivity contribution in [2.24, 2.45) is 16.8 Å². The SMILES string of the molecule is Cc1ccc(S(=O)(=O)n2c(C3=NC4CCC(CO[Si](c5ccccc5)(c5ccccc5)C(C)(C)C)C(C3)C4)cc3ccccc32)cc1. The third-order valence-corrected chi connectivity index (χ3v) is 17.1. The van der Waals surface area contributed by atoms with E-state index in [0.29, 0.717) is 34.5 Å². The van der Waals surface area contributed by atoms with Crippen LogP contribution in [0.25, 0.3) is 10.9 Å². The maximum atomic E-state index is 14.3. The van der Waals surface area contributed by atoms with Gasteiger partial charge in [-0.25, -0.2) is 12.4 Å². The summed E-state index contributed by atoms with van der Waals surface area (Å²) in [6.45, 7) is 9.64. The third kappa shape index (κ3) is 5.72. The van der Waals surface area contributed by atoms with Gasteiger partial charge in [0.15, 0.2) is 0 Å². The number of hydrogen-bond donors (Lipinski definition) is 0. The molecule has 0 saturated heterocycles. The molecule has 4 aromatic carbocycles. The lowest BCUT2D eigenvalue weighted by Gasteiger charge is -2.45. The average Bonchev–Trinajstić information content (AvgIpc) is 3.47. The second kappa shape index (κ2) is 12.3. The molecule has 47 heavy (non-hydrogen) atoms. The van der Waals surface area contributed by atoms with Gasteiger partial charge in [-0.05, 0) is 84.1 Å². The van der Waals surface area contributed by atoms with Gasteiger partial charge in [0.25, 0.3) is 18.3 Å². The maximum Gasteiger partial charge on any atom is 0.268 e. The topological polar surface area (TPSA) is 60.7 Å². The molecule has 0 N–H and O–H groups in total. The van der Waals surface area contributed by atoms with E-state index in [1.54, 1.807) is 16.1 Å². The van der Waals surface area contributed by atoms with E-state index in [1.165, 1.54) is 10.4 Å². The van der Waals surface area contributed by atoms with Crippen LogP contribution in [0.4, 0.5) is 0 Å². The first-order valence-corrected chi connectivity index (χ1v) is 20.2. The number of aliphatic imine (C=N–C) groups is 1. The highest BCUT2D eigenvalue weighted by Crippen LogP contribution is 2.42. The molecular formula is C40H44N2O3SSi. The van der Waals surface area contributed by atoms with Crippen LogP contribution in [0.2, 0.25) is 5.04 Å². The zero-order chi connectivity index (χ0) is 32.8. The van der Waals surface area contributed by atoms with Crippen molar-refractivity contribution < 1.29 is 12.8 Å². The van der Waals surface area contributed by atoms with Gasteiger partial charge in [-0.1, -0.05) is 117 Å². The molecule has 1 saturated carbocycles. The number of benzene rings is 4. The monoisotopic (exact) mass is 660 g/mol. The van der Waals surface area contributed by atoms with Crippen molar-refractivity contribution in [1.82, 2.24) is 3.97 Å². The highest BCUT2D eigenvalue weighted by Gasteiger charge is 2.51. The number of nitrogens with zero attached hydrogens (tertiary/aromatic N) is 2. The molecule has 2 aliphatic rings. The summed E-state index contributed by atoms with van der Waals surface area (Å²) in [6.07, 6.45) is 3.81. The summed E-state index contributed by atoms with van der Waals surface area (Å²) in [5.74, 6) is 0.734. The van der Waals surface area contributed by atoms with Crippen LogP contribution in [0.1, 0.15) is 57.7 Å². The minimum absolute atomic E-state index is 0.0859. The van der Waals surface area contributed by atoms with Crippen LogP contribution >= 0.6 is 0 Å². The molecule has 0 radical (unpaired) electrons. The van der Waals surface area contributed by atoms with Crippen LogP contribution in [0.5, 0.6) is 0 Å². The van der Waals surface area contributed by atoms with E-state index in [9.17, 15) is 8.42 Å². The predicted octanol–water partition coefficient (Wildman–Crippen LogP) is 7.74. The first kappa shape index (κ1) is 31.8. The summed E-state index contributed by atoms with van der Waals surface area (Å²) in [5.41, 5.74) is 3.30. The number of para-hydroxylation sites is 1. The molecule has 1 aromatic heterocycles. The fourth-order valence-corrected chi connectivity index (χ4v) is 14.1. The molecule has 3 unspecified atom stereocenters. The lowest BCUT2D eigenvalue weighted by atomic mass is 9.73. The minimum atomic E-state index is -3.85. The van der Waals surface area contributed by atoms with E-state index in [0.717, 1.165) is 42.3 Å². The number of rotatable bonds is 8. The molecule has 1 aliphatic heterocycles. The molecule has 1 fully saturated rings. The highest BCUT2D eigenvalue weighted by atomic mass is 32.2. The van der Waals surface area contributed by atoms with Crippen molar-refractivity contribution in [3.8, 4) is 0 Å². The molecule has 5 aromatic rings. The summed E-state index contributed by atoms with van der Waals surface area (Å²) in [5, 5.41) is 3.41. The van der Waals surface area contributed by atoms with Gasteiger partial charge < -0.3 is 4.43 Å². The van der Waals surface area contributed by atoms with Crippen LogP contribution in [-0.2, 0) is 14.4 Å². The quantitative estimate of drug-likeness (QED) is 0.160. The summed E-state index contributed by atoms with van der Waals surface area (Å²) >= 11 is 0. The van der Waals surface area contributed by atoms with Crippen LogP contribution in [0.15, 0.2) is 125 Å². The highest BCUT2D eigenvalue weighted by molar-refractivity contribution is 7.90. The Labute approximate surface area is 280 Å². The molecule has 7 rings (SSSR count). The second-order valence-corrected chi connectivity index (χ2v) is 20.5. The number of fused-ring (bicyclic) bond motifs is 3. The van der Waals surface area contributed by atoms with E-state index in [1.807, 2.05) is 49.4 Å². The van der Waals surface area contributed by atoms with Crippen molar-refractivity contribution in [2.75, 3.05) is 6.61 Å². The Hall–Kier alpha value is -3.78. The molecule has 5 nitrogen and oxygen atoms in total. The van der Waals surface area contributed by atoms with Crippen LogP contribution in [0, 0.1) is 18.8 Å². The molecule has 0 spiro atoms. The van der Waals surface area contributed by atoms with Gasteiger partial charge in [-0.3, -0.25) is 4.99 Å². The normalized spacial score (nSPS) is 20.3. The van der Waals surface area contributed by atoms with Crippen molar-refractivity contribution in [3.63, 3.8) is 0 Å². The molecule has 0 amide bonds. The average molecular weight is 661 g/mol. The van der Waals surface area contributed by atoms with Gasteiger partial charge in [-0.15, -0.1) is 0 Å². The van der Waals surface area contributed by atoms with Gasteiger partial charge >= 0.3 is 0 Å². The Morgan fingerprint density at radius 2 is 1.45 bits per heavy atom. The van der Waals surface area contributed by atoms with Crippen molar-refractivity contribution in [1.29, 1.82) is 0 Å². The Balaban J connectivity index is 1.23. The summed E-state index contributed by atoms with van der Waals surface area (Å²) in [6, 6.07) is 38.8. The molecule has 242 valence electrons. The Morgan fingerprint density at radius 1 is 0.830 bits per heavy atom. The second-order valence-electron chi connectivity index (χ2n) is 14.4. The van der Waals surface area contributed by atoms with Gasteiger partial charge in [0, 0.05) is 12.0 Å².